The first-order chi connectivity index (χ1) is 8.16. The Balaban J connectivity index is 1.99. The van der Waals surface area contributed by atoms with Gasteiger partial charge in [0.05, 0.1) is 12.2 Å². The second kappa shape index (κ2) is 5.47. The lowest BCUT2D eigenvalue weighted by atomic mass is 10.0. The monoisotopic (exact) mass is 250 g/mol. The summed E-state index contributed by atoms with van der Waals surface area (Å²) in [6.07, 6.45) is 0. The van der Waals surface area contributed by atoms with Gasteiger partial charge in [0, 0.05) is 17.0 Å². The molecule has 0 radical (unpaired) electrons. The smallest absolute Gasteiger partial charge is 0.150 e. The van der Waals surface area contributed by atoms with Crippen molar-refractivity contribution in [3.05, 3.63) is 39.9 Å². The van der Waals surface area contributed by atoms with E-state index in [0.717, 1.165) is 18.0 Å². The summed E-state index contributed by atoms with van der Waals surface area (Å²) < 4.78 is 5.20. The maximum Gasteiger partial charge on any atom is 0.150 e. The molecule has 4 heteroatoms. The Morgan fingerprint density at radius 3 is 2.82 bits per heavy atom. The van der Waals surface area contributed by atoms with Gasteiger partial charge in [-0.05, 0) is 24.3 Å². The van der Waals surface area contributed by atoms with E-state index in [-0.39, 0.29) is 0 Å². The zero-order chi connectivity index (χ0) is 12.3. The molecular weight excluding hydrogens is 232 g/mol. The van der Waals surface area contributed by atoms with E-state index >= 15 is 0 Å². The van der Waals surface area contributed by atoms with Gasteiger partial charge in [0.1, 0.15) is 0 Å². The fourth-order valence-corrected chi connectivity index (χ4v) is 2.82. The predicted octanol–water partition coefficient (Wildman–Crippen LogP) is 3.53. The van der Waals surface area contributed by atoms with Crippen LogP contribution in [0.25, 0.3) is 0 Å². The van der Waals surface area contributed by atoms with Gasteiger partial charge in [-0.15, -0.1) is 11.3 Å². The van der Waals surface area contributed by atoms with E-state index in [0.29, 0.717) is 12.0 Å². The van der Waals surface area contributed by atoms with Crippen LogP contribution in [-0.4, -0.2) is 5.16 Å². The fraction of sp³-hybridized carbons (Fsp3) is 0.462. The molecule has 0 amide bonds. The number of aryl methyl sites for hydroxylation is 1. The van der Waals surface area contributed by atoms with Gasteiger partial charge in [0.25, 0.3) is 0 Å². The summed E-state index contributed by atoms with van der Waals surface area (Å²) in [6.45, 7) is 7.11. The lowest BCUT2D eigenvalue weighted by Gasteiger charge is -2.20. The molecule has 2 rings (SSSR count). The van der Waals surface area contributed by atoms with Crippen molar-refractivity contribution in [1.29, 1.82) is 0 Å². The molecule has 3 nitrogen and oxygen atoms in total. The maximum absolute atomic E-state index is 5.20. The third-order valence-corrected chi connectivity index (χ3v) is 3.64. The van der Waals surface area contributed by atoms with Crippen molar-refractivity contribution in [3.8, 4) is 0 Å². The Morgan fingerprint density at radius 2 is 2.29 bits per heavy atom. The molecule has 1 atom stereocenters. The highest BCUT2D eigenvalue weighted by Gasteiger charge is 2.16. The highest BCUT2D eigenvalue weighted by atomic mass is 32.1. The molecule has 17 heavy (non-hydrogen) atoms. The van der Waals surface area contributed by atoms with Crippen LogP contribution in [0.15, 0.2) is 28.1 Å². The Labute approximate surface area is 106 Å². The van der Waals surface area contributed by atoms with E-state index in [1.165, 1.54) is 4.88 Å². The second-order valence-corrected chi connectivity index (χ2v) is 5.53. The number of thiophene rings is 1. The lowest BCUT2D eigenvalue weighted by Crippen LogP contribution is -2.24. The highest BCUT2D eigenvalue weighted by molar-refractivity contribution is 7.10. The Morgan fingerprint density at radius 1 is 1.47 bits per heavy atom. The third kappa shape index (κ3) is 3.17. The molecule has 2 aromatic rings. The van der Waals surface area contributed by atoms with Crippen LogP contribution in [0, 0.1) is 12.8 Å². The van der Waals surface area contributed by atoms with Gasteiger partial charge in [-0.2, -0.15) is 0 Å². The van der Waals surface area contributed by atoms with Gasteiger partial charge in [-0.3, -0.25) is 0 Å². The van der Waals surface area contributed by atoms with E-state index in [4.69, 9.17) is 4.52 Å². The molecule has 0 saturated heterocycles. The van der Waals surface area contributed by atoms with E-state index in [2.05, 4.69) is 41.8 Å². The summed E-state index contributed by atoms with van der Waals surface area (Å²) >= 11 is 1.79. The van der Waals surface area contributed by atoms with Crippen LogP contribution in [0.4, 0.5) is 0 Å². The molecule has 0 bridgehead atoms. The van der Waals surface area contributed by atoms with Crippen LogP contribution in [0.1, 0.15) is 36.2 Å². The first-order valence-electron chi connectivity index (χ1n) is 5.86. The molecule has 92 valence electrons. The summed E-state index contributed by atoms with van der Waals surface area (Å²) in [5, 5.41) is 9.53. The zero-order valence-corrected chi connectivity index (χ0v) is 11.3. The number of aromatic nitrogens is 1. The highest BCUT2D eigenvalue weighted by Crippen LogP contribution is 2.26. The van der Waals surface area contributed by atoms with Crippen LogP contribution in [0.2, 0.25) is 0 Å². The molecular formula is C13H18N2OS. The molecule has 0 aliphatic heterocycles. The van der Waals surface area contributed by atoms with Crippen molar-refractivity contribution in [2.24, 2.45) is 5.92 Å². The molecule has 2 heterocycles. The zero-order valence-electron chi connectivity index (χ0n) is 10.4. The minimum atomic E-state index is 0.375. The minimum Gasteiger partial charge on any atom is -0.360 e. The SMILES string of the molecule is Cc1cc(CNC(c2cccs2)C(C)C)on1. The average Bonchev–Trinajstić information content (AvgIpc) is 2.90. The normalized spacial score (nSPS) is 13.2. The summed E-state index contributed by atoms with van der Waals surface area (Å²) in [5.74, 6) is 1.45. The average molecular weight is 250 g/mol. The second-order valence-electron chi connectivity index (χ2n) is 4.55. The van der Waals surface area contributed by atoms with Crippen LogP contribution >= 0.6 is 11.3 Å². The van der Waals surface area contributed by atoms with Crippen molar-refractivity contribution >= 4 is 11.3 Å². The molecule has 2 aromatic heterocycles. The molecule has 0 spiro atoms. The molecule has 0 aliphatic carbocycles. The van der Waals surface area contributed by atoms with Crippen molar-refractivity contribution in [2.75, 3.05) is 0 Å². The standard InChI is InChI=1S/C13H18N2OS/c1-9(2)13(12-5-4-6-17-12)14-8-11-7-10(3)15-16-11/h4-7,9,13-14H,8H2,1-3H3. The summed E-state index contributed by atoms with van der Waals surface area (Å²) in [5.41, 5.74) is 0.930. The first kappa shape index (κ1) is 12.3. The Bertz CT molecular complexity index is 448. The maximum atomic E-state index is 5.20. The van der Waals surface area contributed by atoms with Crippen molar-refractivity contribution in [3.63, 3.8) is 0 Å². The van der Waals surface area contributed by atoms with Crippen LogP contribution in [0.5, 0.6) is 0 Å². The number of hydrogen-bond acceptors (Lipinski definition) is 4. The lowest BCUT2D eigenvalue weighted by molar-refractivity contribution is 0.343. The van der Waals surface area contributed by atoms with Crippen LogP contribution in [0.3, 0.4) is 0 Å². The van der Waals surface area contributed by atoms with Gasteiger partial charge in [-0.1, -0.05) is 25.1 Å². The Kier molecular flexibility index (Phi) is 3.97. The van der Waals surface area contributed by atoms with Gasteiger partial charge >= 0.3 is 0 Å². The molecule has 0 fully saturated rings. The number of nitrogens with one attached hydrogen (secondary N) is 1. The topological polar surface area (TPSA) is 38.1 Å². The predicted molar refractivity (Wildman–Crippen MR) is 70.0 cm³/mol. The largest absolute Gasteiger partial charge is 0.360 e. The van der Waals surface area contributed by atoms with E-state index in [1.807, 2.05) is 13.0 Å². The number of rotatable bonds is 5. The van der Waals surface area contributed by atoms with Crippen LogP contribution in [-0.2, 0) is 6.54 Å². The molecule has 1 N–H and O–H groups in total. The molecule has 0 aromatic carbocycles. The summed E-state index contributed by atoms with van der Waals surface area (Å²) in [7, 11) is 0. The van der Waals surface area contributed by atoms with Crippen LogP contribution < -0.4 is 5.32 Å². The fourth-order valence-electron chi connectivity index (χ4n) is 1.84. The first-order valence-corrected chi connectivity index (χ1v) is 6.73. The van der Waals surface area contributed by atoms with Gasteiger partial charge < -0.3 is 9.84 Å². The number of hydrogen-bond donors (Lipinski definition) is 1. The van der Waals surface area contributed by atoms with Gasteiger partial charge in [0.2, 0.25) is 0 Å². The van der Waals surface area contributed by atoms with Crippen molar-refractivity contribution < 1.29 is 4.52 Å². The quantitative estimate of drug-likeness (QED) is 0.882. The van der Waals surface area contributed by atoms with E-state index < -0.39 is 0 Å². The van der Waals surface area contributed by atoms with E-state index in [1.54, 1.807) is 11.3 Å². The summed E-state index contributed by atoms with van der Waals surface area (Å²) in [6, 6.07) is 6.61. The van der Waals surface area contributed by atoms with Gasteiger partial charge in [0.15, 0.2) is 5.76 Å². The molecule has 0 aliphatic rings. The molecule has 1 unspecified atom stereocenters. The molecule has 0 saturated carbocycles. The van der Waals surface area contributed by atoms with E-state index in [9.17, 15) is 0 Å². The van der Waals surface area contributed by atoms with Crippen molar-refractivity contribution in [1.82, 2.24) is 10.5 Å². The van der Waals surface area contributed by atoms with Gasteiger partial charge in [-0.25, -0.2) is 0 Å². The third-order valence-electron chi connectivity index (χ3n) is 2.69. The number of nitrogens with zero attached hydrogens (tertiary/aromatic N) is 1. The minimum absolute atomic E-state index is 0.375. The summed E-state index contributed by atoms with van der Waals surface area (Å²) in [4.78, 5) is 1.37. The Hall–Kier alpha value is -1.13. The van der Waals surface area contributed by atoms with Crippen molar-refractivity contribution in [2.45, 2.75) is 33.4 Å².